The predicted molar refractivity (Wildman–Crippen MR) is 73.8 cm³/mol. The monoisotopic (exact) mass is 284 g/mol. The molecule has 0 bridgehead atoms. The van der Waals surface area contributed by atoms with Gasteiger partial charge in [0, 0.05) is 12.1 Å². The van der Waals surface area contributed by atoms with Crippen LogP contribution >= 0.6 is 23.2 Å². The summed E-state index contributed by atoms with van der Waals surface area (Å²) in [6, 6.07) is 5.51. The average molecular weight is 285 g/mol. The topological polar surface area (TPSA) is 27.1 Å². The Bertz CT molecular complexity index is 579. The van der Waals surface area contributed by atoms with Crippen LogP contribution in [0.15, 0.2) is 18.2 Å². The summed E-state index contributed by atoms with van der Waals surface area (Å²) < 4.78 is 7.59. The molecule has 0 unspecified atom stereocenters. The highest BCUT2D eigenvalue weighted by molar-refractivity contribution is 6.30. The molecule has 0 aliphatic carbocycles. The molecule has 0 aliphatic heterocycles. The van der Waals surface area contributed by atoms with Crippen LogP contribution in [-0.4, -0.2) is 9.78 Å². The molecule has 0 saturated carbocycles. The maximum atomic E-state index is 5.93. The largest absolute Gasteiger partial charge is 0.439 e. The number of nitrogens with zero attached hydrogens (tertiary/aromatic N) is 2. The summed E-state index contributed by atoms with van der Waals surface area (Å²) in [5, 5.41) is 5.00. The molecule has 2 aromatic rings. The van der Waals surface area contributed by atoms with E-state index in [9.17, 15) is 0 Å². The summed E-state index contributed by atoms with van der Waals surface area (Å²) in [6.45, 7) is 3.87. The number of hydrogen-bond acceptors (Lipinski definition) is 2. The molecular formula is C13H14Cl2N2O. The maximum Gasteiger partial charge on any atom is 0.222 e. The first kappa shape index (κ1) is 13.2. The van der Waals surface area contributed by atoms with Crippen LogP contribution in [0.3, 0.4) is 0 Å². The molecule has 1 heterocycles. The van der Waals surface area contributed by atoms with Crippen LogP contribution in [-0.2, 0) is 12.9 Å². The van der Waals surface area contributed by atoms with E-state index >= 15 is 0 Å². The summed E-state index contributed by atoms with van der Waals surface area (Å²) in [4.78, 5) is 0. The molecular weight excluding hydrogens is 271 g/mol. The summed E-state index contributed by atoms with van der Waals surface area (Å²) in [6.07, 6.45) is 0. The number of ether oxygens (including phenoxy) is 1. The number of rotatable bonds is 3. The molecule has 0 saturated heterocycles. The van der Waals surface area contributed by atoms with E-state index in [1.165, 1.54) is 0 Å². The highest BCUT2D eigenvalue weighted by Crippen LogP contribution is 2.31. The van der Waals surface area contributed by atoms with E-state index in [0.29, 0.717) is 16.8 Å². The van der Waals surface area contributed by atoms with Crippen molar-refractivity contribution in [2.45, 2.75) is 19.7 Å². The molecule has 1 aromatic heterocycles. The van der Waals surface area contributed by atoms with Gasteiger partial charge in [-0.3, -0.25) is 0 Å². The van der Waals surface area contributed by atoms with Crippen LogP contribution in [0, 0.1) is 13.8 Å². The number of aryl methyl sites for hydroxylation is 3. The first-order valence-electron chi connectivity index (χ1n) is 5.55. The Morgan fingerprint density at radius 2 is 2.06 bits per heavy atom. The molecule has 5 heteroatoms. The molecule has 1 aromatic carbocycles. The third-order valence-electron chi connectivity index (χ3n) is 2.77. The lowest BCUT2D eigenvalue weighted by atomic mass is 10.2. The molecule has 3 nitrogen and oxygen atoms in total. The molecule has 0 aliphatic rings. The minimum Gasteiger partial charge on any atom is -0.439 e. The number of benzene rings is 1. The summed E-state index contributed by atoms with van der Waals surface area (Å²) in [7, 11) is 1.84. The van der Waals surface area contributed by atoms with E-state index in [1.807, 2.05) is 33.0 Å². The lowest BCUT2D eigenvalue weighted by Gasteiger charge is -2.10. The maximum absolute atomic E-state index is 5.93. The molecule has 0 amide bonds. The molecule has 0 spiro atoms. The van der Waals surface area contributed by atoms with Gasteiger partial charge >= 0.3 is 0 Å². The van der Waals surface area contributed by atoms with Crippen LogP contribution in [0.5, 0.6) is 11.6 Å². The standard InChI is InChI=1S/C13H14Cl2N2O/c1-8-6-10(15)4-5-12(8)18-13-11(7-14)9(2)16-17(13)3/h4-6H,7H2,1-3H3. The van der Waals surface area contributed by atoms with Crippen molar-refractivity contribution in [1.82, 2.24) is 9.78 Å². The third-order valence-corrected chi connectivity index (χ3v) is 3.27. The third kappa shape index (κ3) is 2.47. The summed E-state index contributed by atoms with van der Waals surface area (Å²) in [5.74, 6) is 1.81. The second kappa shape index (κ2) is 5.21. The van der Waals surface area contributed by atoms with Crippen LogP contribution < -0.4 is 4.74 Å². The van der Waals surface area contributed by atoms with Gasteiger partial charge in [0.15, 0.2) is 0 Å². The Balaban J connectivity index is 2.39. The van der Waals surface area contributed by atoms with Crippen molar-refractivity contribution in [1.29, 1.82) is 0 Å². The number of halogens is 2. The van der Waals surface area contributed by atoms with E-state index in [4.69, 9.17) is 27.9 Å². The van der Waals surface area contributed by atoms with Crippen LogP contribution in [0.1, 0.15) is 16.8 Å². The first-order chi connectivity index (χ1) is 8.52. The lowest BCUT2D eigenvalue weighted by molar-refractivity contribution is 0.424. The molecule has 18 heavy (non-hydrogen) atoms. The van der Waals surface area contributed by atoms with Gasteiger partial charge in [-0.2, -0.15) is 5.10 Å². The van der Waals surface area contributed by atoms with Crippen LogP contribution in [0.25, 0.3) is 0 Å². The van der Waals surface area contributed by atoms with Gasteiger partial charge in [0.2, 0.25) is 5.88 Å². The number of alkyl halides is 1. The Hall–Kier alpha value is -1.19. The molecule has 0 N–H and O–H groups in total. The first-order valence-corrected chi connectivity index (χ1v) is 6.46. The van der Waals surface area contributed by atoms with Gasteiger partial charge in [0.05, 0.1) is 17.1 Å². The second-order valence-corrected chi connectivity index (χ2v) is 4.84. The molecule has 0 atom stereocenters. The fraction of sp³-hybridized carbons (Fsp3) is 0.308. The van der Waals surface area contributed by atoms with Gasteiger partial charge in [-0.15, -0.1) is 11.6 Å². The van der Waals surface area contributed by atoms with Crippen molar-refractivity contribution >= 4 is 23.2 Å². The molecule has 2 rings (SSSR count). The highest BCUT2D eigenvalue weighted by Gasteiger charge is 2.15. The predicted octanol–water partition coefficient (Wildman–Crippen LogP) is 4.22. The van der Waals surface area contributed by atoms with Gasteiger partial charge in [0.25, 0.3) is 0 Å². The van der Waals surface area contributed by atoms with E-state index in [0.717, 1.165) is 22.6 Å². The Kier molecular flexibility index (Phi) is 3.83. The van der Waals surface area contributed by atoms with Gasteiger partial charge < -0.3 is 4.74 Å². The summed E-state index contributed by atoms with van der Waals surface area (Å²) in [5.41, 5.74) is 2.77. The fourth-order valence-electron chi connectivity index (χ4n) is 1.79. The highest BCUT2D eigenvalue weighted by atomic mass is 35.5. The second-order valence-electron chi connectivity index (χ2n) is 4.14. The van der Waals surface area contributed by atoms with Crippen molar-refractivity contribution in [2.75, 3.05) is 0 Å². The Morgan fingerprint density at radius 1 is 1.33 bits per heavy atom. The Labute approximate surface area is 116 Å². The van der Waals surface area contributed by atoms with Crippen LogP contribution in [0.2, 0.25) is 5.02 Å². The van der Waals surface area contributed by atoms with Crippen molar-refractivity contribution < 1.29 is 4.74 Å². The zero-order chi connectivity index (χ0) is 13.3. The fourth-order valence-corrected chi connectivity index (χ4v) is 2.33. The lowest BCUT2D eigenvalue weighted by Crippen LogP contribution is -1.97. The Morgan fingerprint density at radius 3 is 2.67 bits per heavy atom. The van der Waals surface area contributed by atoms with E-state index < -0.39 is 0 Å². The zero-order valence-corrected chi connectivity index (χ0v) is 12.0. The number of aromatic nitrogens is 2. The normalized spacial score (nSPS) is 10.7. The molecule has 0 radical (unpaired) electrons. The smallest absolute Gasteiger partial charge is 0.222 e. The minimum atomic E-state index is 0.377. The van der Waals surface area contributed by atoms with Gasteiger partial charge in [-0.25, -0.2) is 4.68 Å². The van der Waals surface area contributed by atoms with Gasteiger partial charge in [-0.05, 0) is 37.6 Å². The zero-order valence-electron chi connectivity index (χ0n) is 10.5. The van der Waals surface area contributed by atoms with Gasteiger partial charge in [-0.1, -0.05) is 11.6 Å². The average Bonchev–Trinajstić information content (AvgIpc) is 2.57. The van der Waals surface area contributed by atoms with Crippen molar-refractivity contribution in [3.05, 3.63) is 40.0 Å². The van der Waals surface area contributed by atoms with Crippen molar-refractivity contribution in [2.24, 2.45) is 7.05 Å². The quantitative estimate of drug-likeness (QED) is 0.789. The van der Waals surface area contributed by atoms with Crippen molar-refractivity contribution in [3.63, 3.8) is 0 Å². The van der Waals surface area contributed by atoms with E-state index in [2.05, 4.69) is 5.10 Å². The molecule has 0 fully saturated rings. The van der Waals surface area contributed by atoms with Gasteiger partial charge in [0.1, 0.15) is 5.75 Å². The minimum absolute atomic E-state index is 0.377. The summed E-state index contributed by atoms with van der Waals surface area (Å²) >= 11 is 11.8. The SMILES string of the molecule is Cc1cc(Cl)ccc1Oc1c(CCl)c(C)nn1C. The van der Waals surface area contributed by atoms with E-state index in [-0.39, 0.29) is 0 Å². The molecule has 96 valence electrons. The van der Waals surface area contributed by atoms with Crippen molar-refractivity contribution in [3.8, 4) is 11.6 Å². The van der Waals surface area contributed by atoms with E-state index in [1.54, 1.807) is 10.7 Å². The number of hydrogen-bond donors (Lipinski definition) is 0. The van der Waals surface area contributed by atoms with Crippen LogP contribution in [0.4, 0.5) is 0 Å².